The van der Waals surface area contributed by atoms with Gasteiger partial charge in [0.15, 0.2) is 0 Å². The van der Waals surface area contributed by atoms with Crippen LogP contribution in [0, 0.1) is 0 Å². The van der Waals surface area contributed by atoms with Gasteiger partial charge in [-0.15, -0.1) is 0 Å². The Morgan fingerprint density at radius 2 is 2.12 bits per heavy atom. The summed E-state index contributed by atoms with van der Waals surface area (Å²) in [6.07, 6.45) is 3.96. The van der Waals surface area contributed by atoms with Crippen molar-refractivity contribution >= 4 is 5.82 Å². The van der Waals surface area contributed by atoms with E-state index in [1.807, 2.05) is 18.2 Å². The molecule has 0 saturated carbocycles. The maximum absolute atomic E-state index is 5.55. The summed E-state index contributed by atoms with van der Waals surface area (Å²) in [5.74, 6) is 1.59. The smallest absolute Gasteiger partial charge is 0.237 e. The van der Waals surface area contributed by atoms with Crippen LogP contribution in [-0.4, -0.2) is 9.97 Å². The molecule has 0 unspecified atom stereocenters. The lowest BCUT2D eigenvalue weighted by Crippen LogP contribution is -1.94. The van der Waals surface area contributed by atoms with E-state index < -0.39 is 0 Å². The van der Waals surface area contributed by atoms with Crippen LogP contribution in [0.1, 0.15) is 12.5 Å². The summed E-state index contributed by atoms with van der Waals surface area (Å²) in [6, 6.07) is 7.88. The van der Waals surface area contributed by atoms with Crippen molar-refractivity contribution in [3.05, 3.63) is 42.2 Å². The number of ether oxygens (including phenoxy) is 1. The van der Waals surface area contributed by atoms with E-state index in [4.69, 9.17) is 10.5 Å². The second kappa shape index (κ2) is 4.61. The standard InChI is InChI=1S/C12H13N3O/c1-2-9-4-3-5-10(6-9)16-12-8-14-11(13)7-15-12/h3-8H,2H2,1H3,(H2,13,14). The van der Waals surface area contributed by atoms with Gasteiger partial charge in [-0.1, -0.05) is 19.1 Å². The zero-order valence-electron chi connectivity index (χ0n) is 9.05. The number of hydrogen-bond donors (Lipinski definition) is 1. The number of benzene rings is 1. The Morgan fingerprint density at radius 3 is 2.81 bits per heavy atom. The number of aryl methyl sites for hydroxylation is 1. The van der Waals surface area contributed by atoms with Crippen molar-refractivity contribution in [2.24, 2.45) is 0 Å². The molecule has 0 spiro atoms. The van der Waals surface area contributed by atoms with Crippen molar-refractivity contribution in [3.63, 3.8) is 0 Å². The highest BCUT2D eigenvalue weighted by atomic mass is 16.5. The summed E-state index contributed by atoms with van der Waals surface area (Å²) >= 11 is 0. The molecule has 4 heteroatoms. The summed E-state index contributed by atoms with van der Waals surface area (Å²) in [4.78, 5) is 7.93. The number of aromatic nitrogens is 2. The zero-order valence-corrected chi connectivity index (χ0v) is 9.05. The van der Waals surface area contributed by atoms with Gasteiger partial charge in [-0.2, -0.15) is 0 Å². The average Bonchev–Trinajstić information content (AvgIpc) is 2.32. The molecule has 1 aromatic heterocycles. The summed E-state index contributed by atoms with van der Waals surface area (Å²) in [7, 11) is 0. The van der Waals surface area contributed by atoms with Crippen molar-refractivity contribution in [3.8, 4) is 11.6 Å². The molecule has 2 rings (SSSR count). The first-order chi connectivity index (χ1) is 7.78. The minimum absolute atomic E-state index is 0.384. The van der Waals surface area contributed by atoms with Gasteiger partial charge in [-0.25, -0.2) is 9.97 Å². The lowest BCUT2D eigenvalue weighted by atomic mass is 10.2. The van der Waals surface area contributed by atoms with E-state index in [1.165, 1.54) is 18.0 Å². The summed E-state index contributed by atoms with van der Waals surface area (Å²) in [5, 5.41) is 0. The molecule has 0 amide bonds. The van der Waals surface area contributed by atoms with Crippen molar-refractivity contribution in [2.75, 3.05) is 5.73 Å². The number of hydrogen-bond acceptors (Lipinski definition) is 4. The number of nitrogens with zero attached hydrogens (tertiary/aromatic N) is 2. The minimum Gasteiger partial charge on any atom is -0.437 e. The Bertz CT molecular complexity index is 468. The first-order valence-electron chi connectivity index (χ1n) is 5.12. The predicted molar refractivity (Wildman–Crippen MR) is 62.3 cm³/mol. The topological polar surface area (TPSA) is 61.0 Å². The first kappa shape index (κ1) is 10.4. The molecule has 2 N–H and O–H groups in total. The number of anilines is 1. The molecule has 0 aliphatic rings. The Hall–Kier alpha value is -2.10. The Kier molecular flexibility index (Phi) is 3.00. The molecular formula is C12H13N3O. The van der Waals surface area contributed by atoms with Gasteiger partial charge < -0.3 is 10.5 Å². The van der Waals surface area contributed by atoms with Crippen LogP contribution in [0.5, 0.6) is 11.6 Å². The molecule has 0 atom stereocenters. The highest BCUT2D eigenvalue weighted by Gasteiger charge is 1.99. The van der Waals surface area contributed by atoms with E-state index in [2.05, 4.69) is 23.0 Å². The lowest BCUT2D eigenvalue weighted by molar-refractivity contribution is 0.460. The van der Waals surface area contributed by atoms with Crippen molar-refractivity contribution in [1.29, 1.82) is 0 Å². The van der Waals surface area contributed by atoms with Crippen LogP contribution in [0.15, 0.2) is 36.7 Å². The molecule has 0 aliphatic heterocycles. The highest BCUT2D eigenvalue weighted by Crippen LogP contribution is 2.20. The van der Waals surface area contributed by atoms with E-state index in [1.54, 1.807) is 0 Å². The Balaban J connectivity index is 2.16. The molecule has 1 aromatic carbocycles. The van der Waals surface area contributed by atoms with Crippen molar-refractivity contribution < 1.29 is 4.74 Å². The SMILES string of the molecule is CCc1cccc(Oc2cnc(N)cn2)c1. The number of nitrogens with two attached hydrogens (primary N) is 1. The second-order valence-corrected chi connectivity index (χ2v) is 3.38. The largest absolute Gasteiger partial charge is 0.437 e. The van der Waals surface area contributed by atoms with Crippen LogP contribution in [0.2, 0.25) is 0 Å². The number of nitrogen functional groups attached to an aromatic ring is 1. The molecule has 0 fully saturated rings. The quantitative estimate of drug-likeness (QED) is 0.854. The third kappa shape index (κ3) is 2.48. The zero-order chi connectivity index (χ0) is 11.4. The maximum atomic E-state index is 5.55. The monoisotopic (exact) mass is 215 g/mol. The summed E-state index contributed by atoms with van der Waals surface area (Å²) in [5.41, 5.74) is 6.66. The van der Waals surface area contributed by atoms with Gasteiger partial charge in [0, 0.05) is 0 Å². The molecule has 0 radical (unpaired) electrons. The second-order valence-electron chi connectivity index (χ2n) is 3.38. The third-order valence-electron chi connectivity index (χ3n) is 2.18. The van der Waals surface area contributed by atoms with Crippen LogP contribution < -0.4 is 10.5 Å². The lowest BCUT2D eigenvalue weighted by Gasteiger charge is -2.05. The first-order valence-corrected chi connectivity index (χ1v) is 5.12. The fourth-order valence-electron chi connectivity index (χ4n) is 1.33. The Labute approximate surface area is 94.1 Å². The van der Waals surface area contributed by atoms with Crippen molar-refractivity contribution in [1.82, 2.24) is 9.97 Å². The van der Waals surface area contributed by atoms with E-state index in [-0.39, 0.29) is 0 Å². The number of rotatable bonds is 3. The fourth-order valence-corrected chi connectivity index (χ4v) is 1.33. The summed E-state index contributed by atoms with van der Waals surface area (Å²) < 4.78 is 5.55. The van der Waals surface area contributed by atoms with E-state index in [0.29, 0.717) is 11.7 Å². The van der Waals surface area contributed by atoms with E-state index in [9.17, 15) is 0 Å². The van der Waals surface area contributed by atoms with Gasteiger partial charge in [0.1, 0.15) is 11.6 Å². The molecule has 0 bridgehead atoms. The van der Waals surface area contributed by atoms with Gasteiger partial charge in [0.25, 0.3) is 0 Å². The molecule has 82 valence electrons. The Morgan fingerprint density at radius 1 is 1.25 bits per heavy atom. The fraction of sp³-hybridized carbons (Fsp3) is 0.167. The van der Waals surface area contributed by atoms with E-state index in [0.717, 1.165) is 12.2 Å². The van der Waals surface area contributed by atoms with Crippen LogP contribution >= 0.6 is 0 Å². The van der Waals surface area contributed by atoms with E-state index >= 15 is 0 Å². The predicted octanol–water partition coefficient (Wildman–Crippen LogP) is 2.41. The van der Waals surface area contributed by atoms with Crippen LogP contribution in [0.4, 0.5) is 5.82 Å². The van der Waals surface area contributed by atoms with Gasteiger partial charge in [-0.05, 0) is 24.1 Å². The minimum atomic E-state index is 0.384. The third-order valence-corrected chi connectivity index (χ3v) is 2.18. The molecular weight excluding hydrogens is 202 g/mol. The average molecular weight is 215 g/mol. The summed E-state index contributed by atoms with van der Waals surface area (Å²) in [6.45, 7) is 2.10. The normalized spacial score (nSPS) is 10.1. The highest BCUT2D eigenvalue weighted by molar-refractivity contribution is 5.32. The maximum Gasteiger partial charge on any atom is 0.237 e. The van der Waals surface area contributed by atoms with Crippen LogP contribution in [-0.2, 0) is 6.42 Å². The molecule has 1 heterocycles. The van der Waals surface area contributed by atoms with Crippen LogP contribution in [0.3, 0.4) is 0 Å². The molecule has 0 aliphatic carbocycles. The van der Waals surface area contributed by atoms with Crippen LogP contribution in [0.25, 0.3) is 0 Å². The molecule has 2 aromatic rings. The van der Waals surface area contributed by atoms with Gasteiger partial charge >= 0.3 is 0 Å². The molecule has 0 saturated heterocycles. The van der Waals surface area contributed by atoms with Gasteiger partial charge in [0.2, 0.25) is 5.88 Å². The van der Waals surface area contributed by atoms with Gasteiger partial charge in [0.05, 0.1) is 12.4 Å². The molecule has 16 heavy (non-hydrogen) atoms. The van der Waals surface area contributed by atoms with Gasteiger partial charge in [-0.3, -0.25) is 0 Å². The van der Waals surface area contributed by atoms with Crippen molar-refractivity contribution in [2.45, 2.75) is 13.3 Å². The molecule has 4 nitrogen and oxygen atoms in total.